The molecule has 2 aromatic rings. The summed E-state index contributed by atoms with van der Waals surface area (Å²) in [5, 5.41) is 1.07. The Bertz CT molecular complexity index is 766. The average molecular weight is 349 g/mol. The Morgan fingerprint density at radius 1 is 1.17 bits per heavy atom. The van der Waals surface area contributed by atoms with Crippen LogP contribution in [0.1, 0.15) is 16.8 Å². The number of halogens is 2. The van der Waals surface area contributed by atoms with E-state index in [0.29, 0.717) is 22.4 Å². The number of amides is 1. The molecular formula is C17H14ClFN2OS. The third kappa shape index (κ3) is 3.57. The maximum atomic E-state index is 13.9. The van der Waals surface area contributed by atoms with Crippen LogP contribution < -0.4 is 0 Å². The summed E-state index contributed by atoms with van der Waals surface area (Å²) in [5.74, 6) is -0.0316. The Kier molecular flexibility index (Phi) is 4.98. The molecule has 2 aromatic carbocycles. The number of benzene rings is 2. The number of amidine groups is 1. The Labute approximate surface area is 143 Å². The van der Waals surface area contributed by atoms with Gasteiger partial charge in [-0.25, -0.2) is 9.38 Å². The fraction of sp³-hybridized carbons (Fsp3) is 0.176. The zero-order chi connectivity index (χ0) is 16.2. The minimum Gasteiger partial charge on any atom is -0.287 e. The van der Waals surface area contributed by atoms with Gasteiger partial charge in [-0.15, -0.1) is 0 Å². The van der Waals surface area contributed by atoms with Crippen LogP contribution in [-0.4, -0.2) is 28.3 Å². The van der Waals surface area contributed by atoms with Gasteiger partial charge >= 0.3 is 0 Å². The van der Waals surface area contributed by atoms with Crippen LogP contribution in [0.2, 0.25) is 5.02 Å². The molecule has 6 heteroatoms. The van der Waals surface area contributed by atoms with Crippen molar-refractivity contribution in [3.05, 3.63) is 64.9 Å². The summed E-state index contributed by atoms with van der Waals surface area (Å²) in [6.45, 7) is 0.517. The van der Waals surface area contributed by atoms with Crippen LogP contribution in [0.3, 0.4) is 0 Å². The van der Waals surface area contributed by atoms with Gasteiger partial charge in [-0.3, -0.25) is 9.69 Å². The van der Waals surface area contributed by atoms with Crippen molar-refractivity contribution >= 4 is 40.1 Å². The number of carbonyl (C=O) groups is 1. The molecule has 0 aromatic heterocycles. The van der Waals surface area contributed by atoms with Gasteiger partial charge in [0.2, 0.25) is 0 Å². The standard InChI is InChI=1S/C17H14ClFN2OS/c18-13-7-2-4-9-15(13)20-17-21(10-5-11-23-17)16(22)12-6-1-3-8-14(12)19/h1-4,6-9H,5,10-11H2. The molecule has 0 saturated carbocycles. The molecule has 118 valence electrons. The van der Waals surface area contributed by atoms with Crippen molar-refractivity contribution in [2.75, 3.05) is 12.3 Å². The van der Waals surface area contributed by atoms with E-state index in [4.69, 9.17) is 11.6 Å². The van der Waals surface area contributed by atoms with Crippen molar-refractivity contribution in [2.45, 2.75) is 6.42 Å². The van der Waals surface area contributed by atoms with Crippen molar-refractivity contribution in [3.63, 3.8) is 0 Å². The van der Waals surface area contributed by atoms with Crippen LogP contribution in [0.4, 0.5) is 10.1 Å². The number of para-hydroxylation sites is 1. The summed E-state index contributed by atoms with van der Waals surface area (Å²) in [5.41, 5.74) is 0.659. The Hall–Kier alpha value is -1.85. The first-order chi connectivity index (χ1) is 11.2. The van der Waals surface area contributed by atoms with Crippen LogP contribution in [-0.2, 0) is 0 Å². The van der Waals surface area contributed by atoms with Crippen LogP contribution in [0.15, 0.2) is 53.5 Å². The Balaban J connectivity index is 1.95. The highest BCUT2D eigenvalue weighted by atomic mass is 35.5. The van der Waals surface area contributed by atoms with E-state index in [9.17, 15) is 9.18 Å². The molecule has 0 radical (unpaired) electrons. The minimum atomic E-state index is -0.523. The van der Waals surface area contributed by atoms with Crippen molar-refractivity contribution in [3.8, 4) is 0 Å². The molecule has 1 saturated heterocycles. The number of rotatable bonds is 2. The normalized spacial score (nSPS) is 16.6. The van der Waals surface area contributed by atoms with E-state index in [1.54, 1.807) is 24.3 Å². The van der Waals surface area contributed by atoms with Gasteiger partial charge in [0.15, 0.2) is 5.17 Å². The molecule has 0 N–H and O–H groups in total. The molecule has 1 amide bonds. The van der Waals surface area contributed by atoms with Crippen molar-refractivity contribution in [2.24, 2.45) is 4.99 Å². The zero-order valence-electron chi connectivity index (χ0n) is 12.2. The first kappa shape index (κ1) is 16.0. The number of aliphatic imine (C=N–C) groups is 1. The molecule has 1 fully saturated rings. The molecule has 0 bridgehead atoms. The fourth-order valence-corrected chi connectivity index (χ4v) is 3.39. The molecule has 23 heavy (non-hydrogen) atoms. The lowest BCUT2D eigenvalue weighted by molar-refractivity contribution is 0.0845. The molecule has 3 nitrogen and oxygen atoms in total. The lowest BCUT2D eigenvalue weighted by atomic mass is 10.2. The highest BCUT2D eigenvalue weighted by molar-refractivity contribution is 8.13. The minimum absolute atomic E-state index is 0.0573. The SMILES string of the molecule is O=C(c1ccccc1F)N1CCCSC1=Nc1ccccc1Cl. The molecule has 0 aliphatic carbocycles. The highest BCUT2D eigenvalue weighted by Gasteiger charge is 2.26. The van der Waals surface area contributed by atoms with E-state index in [0.717, 1.165) is 12.2 Å². The van der Waals surface area contributed by atoms with Crippen LogP contribution in [0, 0.1) is 5.82 Å². The maximum Gasteiger partial charge on any atom is 0.262 e. The largest absolute Gasteiger partial charge is 0.287 e. The van der Waals surface area contributed by atoms with Gasteiger partial charge in [-0.2, -0.15) is 0 Å². The monoisotopic (exact) mass is 348 g/mol. The van der Waals surface area contributed by atoms with Gasteiger partial charge in [0.05, 0.1) is 16.3 Å². The van der Waals surface area contributed by atoms with Gasteiger partial charge in [-0.1, -0.05) is 47.6 Å². The van der Waals surface area contributed by atoms with Crippen LogP contribution in [0.25, 0.3) is 0 Å². The second-order valence-electron chi connectivity index (χ2n) is 4.98. The van der Waals surface area contributed by atoms with E-state index < -0.39 is 5.82 Å². The quantitative estimate of drug-likeness (QED) is 0.784. The van der Waals surface area contributed by atoms with E-state index in [2.05, 4.69) is 4.99 Å². The predicted octanol–water partition coefficient (Wildman–Crippen LogP) is 4.75. The topological polar surface area (TPSA) is 32.7 Å². The Morgan fingerprint density at radius 3 is 2.70 bits per heavy atom. The smallest absolute Gasteiger partial charge is 0.262 e. The maximum absolute atomic E-state index is 13.9. The molecule has 1 heterocycles. The lowest BCUT2D eigenvalue weighted by Crippen LogP contribution is -2.39. The van der Waals surface area contributed by atoms with E-state index in [1.165, 1.54) is 28.8 Å². The Morgan fingerprint density at radius 2 is 1.91 bits per heavy atom. The second kappa shape index (κ2) is 7.15. The lowest BCUT2D eigenvalue weighted by Gasteiger charge is -2.28. The molecule has 1 aliphatic rings. The van der Waals surface area contributed by atoms with Crippen molar-refractivity contribution in [1.82, 2.24) is 4.90 Å². The van der Waals surface area contributed by atoms with Gasteiger partial charge in [0, 0.05) is 12.3 Å². The highest BCUT2D eigenvalue weighted by Crippen LogP contribution is 2.28. The van der Waals surface area contributed by atoms with Gasteiger partial charge in [-0.05, 0) is 30.7 Å². The molecular weight excluding hydrogens is 335 g/mol. The zero-order valence-corrected chi connectivity index (χ0v) is 13.8. The summed E-state index contributed by atoms with van der Waals surface area (Å²) >= 11 is 7.61. The van der Waals surface area contributed by atoms with Crippen LogP contribution in [0.5, 0.6) is 0 Å². The van der Waals surface area contributed by atoms with Gasteiger partial charge in [0.1, 0.15) is 5.82 Å². The number of hydrogen-bond donors (Lipinski definition) is 0. The summed E-state index contributed by atoms with van der Waals surface area (Å²) in [7, 11) is 0. The first-order valence-electron chi connectivity index (χ1n) is 7.19. The summed E-state index contributed by atoms with van der Waals surface area (Å²) in [6, 6.07) is 13.2. The number of carbonyl (C=O) groups excluding carboxylic acids is 1. The predicted molar refractivity (Wildman–Crippen MR) is 93.1 cm³/mol. The molecule has 0 unspecified atom stereocenters. The van der Waals surface area contributed by atoms with E-state index >= 15 is 0 Å². The summed E-state index contributed by atoms with van der Waals surface area (Å²) in [4.78, 5) is 18.7. The van der Waals surface area contributed by atoms with Crippen molar-refractivity contribution in [1.29, 1.82) is 0 Å². The molecule has 0 atom stereocenters. The molecule has 1 aliphatic heterocycles. The van der Waals surface area contributed by atoms with Gasteiger partial charge < -0.3 is 0 Å². The number of thioether (sulfide) groups is 1. The summed E-state index contributed by atoms with van der Waals surface area (Å²) < 4.78 is 13.9. The number of nitrogens with zero attached hydrogens (tertiary/aromatic N) is 2. The van der Waals surface area contributed by atoms with E-state index in [-0.39, 0.29) is 11.5 Å². The average Bonchev–Trinajstić information content (AvgIpc) is 2.57. The second-order valence-corrected chi connectivity index (χ2v) is 6.45. The molecule has 0 spiro atoms. The first-order valence-corrected chi connectivity index (χ1v) is 8.55. The summed E-state index contributed by atoms with van der Waals surface area (Å²) in [6.07, 6.45) is 0.840. The van der Waals surface area contributed by atoms with E-state index in [1.807, 2.05) is 12.1 Å². The molecule has 3 rings (SSSR count). The third-order valence-electron chi connectivity index (χ3n) is 3.41. The fourth-order valence-electron chi connectivity index (χ4n) is 2.27. The van der Waals surface area contributed by atoms with Crippen molar-refractivity contribution < 1.29 is 9.18 Å². The van der Waals surface area contributed by atoms with Crippen LogP contribution >= 0.6 is 23.4 Å². The third-order valence-corrected chi connectivity index (χ3v) is 4.79. The van der Waals surface area contributed by atoms with Gasteiger partial charge in [0.25, 0.3) is 5.91 Å². The number of hydrogen-bond acceptors (Lipinski definition) is 3.